The number of carbonyl (C=O) groups excluding carboxylic acids is 2. The zero-order chi connectivity index (χ0) is 21.6. The van der Waals surface area contributed by atoms with Gasteiger partial charge >= 0.3 is 5.97 Å². The minimum absolute atomic E-state index is 0.0350. The van der Waals surface area contributed by atoms with E-state index in [4.69, 9.17) is 9.47 Å². The maximum Gasteiger partial charge on any atom is 0.342 e. The highest BCUT2D eigenvalue weighted by molar-refractivity contribution is 5.96. The van der Waals surface area contributed by atoms with Gasteiger partial charge in [0.2, 0.25) is 0 Å². The van der Waals surface area contributed by atoms with Crippen molar-refractivity contribution in [3.63, 3.8) is 0 Å². The standard InChI is InChI=1S/C25H25NO4/c1-25(2,3)18-13-15-19(16-14-18)26-23(27)17-29-24(28)21-11-7-8-12-22(21)30-20-9-5-4-6-10-20/h4-16H,17H2,1-3H3,(H,26,27). The highest BCUT2D eigenvalue weighted by atomic mass is 16.5. The molecule has 1 N–H and O–H groups in total. The van der Waals surface area contributed by atoms with Crippen molar-refractivity contribution in [1.29, 1.82) is 0 Å². The van der Waals surface area contributed by atoms with Gasteiger partial charge in [-0.25, -0.2) is 4.79 Å². The summed E-state index contributed by atoms with van der Waals surface area (Å²) in [6.07, 6.45) is 0. The fourth-order valence-electron chi connectivity index (χ4n) is 2.80. The van der Waals surface area contributed by atoms with Crippen molar-refractivity contribution >= 4 is 17.6 Å². The third-order valence-corrected chi connectivity index (χ3v) is 4.45. The number of amides is 1. The number of hydrogen-bond donors (Lipinski definition) is 1. The predicted octanol–water partition coefficient (Wildman–Crippen LogP) is 5.57. The van der Waals surface area contributed by atoms with Crippen LogP contribution >= 0.6 is 0 Å². The number of carbonyl (C=O) groups is 2. The van der Waals surface area contributed by atoms with Gasteiger partial charge in [-0.15, -0.1) is 0 Å². The predicted molar refractivity (Wildman–Crippen MR) is 117 cm³/mol. The number of ether oxygens (including phenoxy) is 2. The van der Waals surface area contributed by atoms with Gasteiger partial charge in [-0.3, -0.25) is 4.79 Å². The van der Waals surface area contributed by atoms with E-state index in [-0.39, 0.29) is 17.6 Å². The van der Waals surface area contributed by atoms with E-state index in [1.54, 1.807) is 36.4 Å². The molecule has 5 nitrogen and oxygen atoms in total. The van der Waals surface area contributed by atoms with Gasteiger partial charge in [0.05, 0.1) is 0 Å². The molecule has 0 heterocycles. The molecule has 3 aromatic carbocycles. The van der Waals surface area contributed by atoms with E-state index >= 15 is 0 Å². The zero-order valence-corrected chi connectivity index (χ0v) is 17.3. The molecule has 0 spiro atoms. The fourth-order valence-corrected chi connectivity index (χ4v) is 2.80. The van der Waals surface area contributed by atoms with Gasteiger partial charge in [0.1, 0.15) is 17.1 Å². The first kappa shape index (κ1) is 21.1. The first-order valence-corrected chi connectivity index (χ1v) is 9.72. The highest BCUT2D eigenvalue weighted by Crippen LogP contribution is 2.26. The number of anilines is 1. The first-order valence-electron chi connectivity index (χ1n) is 9.72. The lowest BCUT2D eigenvalue weighted by molar-refractivity contribution is -0.119. The second-order valence-corrected chi connectivity index (χ2v) is 7.86. The van der Waals surface area contributed by atoms with Crippen LogP contribution in [0.4, 0.5) is 5.69 Å². The molecule has 3 aromatic rings. The lowest BCUT2D eigenvalue weighted by Crippen LogP contribution is -2.21. The van der Waals surface area contributed by atoms with Crippen LogP contribution in [0.25, 0.3) is 0 Å². The van der Waals surface area contributed by atoms with Crippen LogP contribution in [-0.2, 0) is 14.9 Å². The molecule has 0 radical (unpaired) electrons. The second kappa shape index (κ2) is 9.27. The quantitative estimate of drug-likeness (QED) is 0.546. The van der Waals surface area contributed by atoms with Gasteiger partial charge in [-0.2, -0.15) is 0 Å². The summed E-state index contributed by atoms with van der Waals surface area (Å²) >= 11 is 0. The molecule has 0 atom stereocenters. The van der Waals surface area contributed by atoms with Crippen LogP contribution in [0.5, 0.6) is 11.5 Å². The second-order valence-electron chi connectivity index (χ2n) is 7.86. The molecule has 0 aliphatic carbocycles. The van der Waals surface area contributed by atoms with Crippen molar-refractivity contribution in [1.82, 2.24) is 0 Å². The van der Waals surface area contributed by atoms with Gasteiger partial charge in [0.15, 0.2) is 6.61 Å². The summed E-state index contributed by atoms with van der Waals surface area (Å²) in [4.78, 5) is 24.7. The number of benzene rings is 3. The summed E-state index contributed by atoms with van der Waals surface area (Å²) in [6.45, 7) is 5.98. The summed E-state index contributed by atoms with van der Waals surface area (Å²) in [5.41, 5.74) is 2.11. The molecule has 0 aliphatic heterocycles. The minimum atomic E-state index is -0.625. The summed E-state index contributed by atoms with van der Waals surface area (Å²) in [7, 11) is 0. The van der Waals surface area contributed by atoms with Crippen LogP contribution in [0.2, 0.25) is 0 Å². The minimum Gasteiger partial charge on any atom is -0.456 e. The SMILES string of the molecule is CC(C)(C)c1ccc(NC(=O)COC(=O)c2ccccc2Oc2ccccc2)cc1. The fraction of sp³-hybridized carbons (Fsp3) is 0.200. The smallest absolute Gasteiger partial charge is 0.342 e. The molecule has 0 unspecified atom stereocenters. The highest BCUT2D eigenvalue weighted by Gasteiger charge is 2.17. The Morgan fingerprint density at radius 2 is 1.47 bits per heavy atom. The molecule has 0 aromatic heterocycles. The van der Waals surface area contributed by atoms with Gasteiger partial charge in [-0.05, 0) is 47.4 Å². The Morgan fingerprint density at radius 3 is 2.13 bits per heavy atom. The van der Waals surface area contributed by atoms with E-state index < -0.39 is 11.9 Å². The molecule has 0 bridgehead atoms. The van der Waals surface area contributed by atoms with Crippen LogP contribution < -0.4 is 10.1 Å². The Balaban J connectivity index is 1.58. The summed E-state index contributed by atoms with van der Waals surface area (Å²) in [5, 5.41) is 2.73. The third kappa shape index (κ3) is 5.70. The summed E-state index contributed by atoms with van der Waals surface area (Å²) < 4.78 is 11.0. The van der Waals surface area contributed by atoms with E-state index in [1.807, 2.05) is 42.5 Å². The average molecular weight is 403 g/mol. The molecule has 0 saturated heterocycles. The zero-order valence-electron chi connectivity index (χ0n) is 17.3. The van der Waals surface area contributed by atoms with Crippen molar-refractivity contribution in [3.8, 4) is 11.5 Å². The number of nitrogens with one attached hydrogen (secondary N) is 1. The molecule has 0 aliphatic rings. The molecule has 0 fully saturated rings. The van der Waals surface area contributed by atoms with E-state index in [1.165, 1.54) is 5.56 Å². The van der Waals surface area contributed by atoms with E-state index in [2.05, 4.69) is 26.1 Å². The Kier molecular flexibility index (Phi) is 6.52. The number of hydrogen-bond acceptors (Lipinski definition) is 4. The van der Waals surface area contributed by atoms with Crippen molar-refractivity contribution in [2.45, 2.75) is 26.2 Å². The van der Waals surface area contributed by atoms with E-state index in [9.17, 15) is 9.59 Å². The molecular formula is C25H25NO4. The Labute approximate surface area is 176 Å². The van der Waals surface area contributed by atoms with Crippen molar-refractivity contribution in [2.24, 2.45) is 0 Å². The number of esters is 1. The van der Waals surface area contributed by atoms with Gasteiger partial charge in [0, 0.05) is 5.69 Å². The van der Waals surface area contributed by atoms with Crippen LogP contribution in [-0.4, -0.2) is 18.5 Å². The monoisotopic (exact) mass is 403 g/mol. The molecular weight excluding hydrogens is 378 g/mol. The topological polar surface area (TPSA) is 64.6 Å². The normalized spacial score (nSPS) is 10.9. The molecule has 5 heteroatoms. The Bertz CT molecular complexity index is 1010. The molecule has 0 saturated carbocycles. The number of para-hydroxylation sites is 2. The van der Waals surface area contributed by atoms with Crippen LogP contribution in [0.3, 0.4) is 0 Å². The van der Waals surface area contributed by atoms with Crippen LogP contribution in [0.15, 0.2) is 78.9 Å². The average Bonchev–Trinajstić information content (AvgIpc) is 2.73. The lowest BCUT2D eigenvalue weighted by Gasteiger charge is -2.19. The molecule has 3 rings (SSSR count). The van der Waals surface area contributed by atoms with Gasteiger partial charge in [0.25, 0.3) is 5.91 Å². The molecule has 154 valence electrons. The Hall–Kier alpha value is -3.60. The number of rotatable bonds is 6. The van der Waals surface area contributed by atoms with Crippen LogP contribution in [0.1, 0.15) is 36.7 Å². The maximum absolute atomic E-state index is 12.5. The maximum atomic E-state index is 12.5. The Morgan fingerprint density at radius 1 is 0.833 bits per heavy atom. The summed E-state index contributed by atoms with van der Waals surface area (Å²) in [6, 6.07) is 23.5. The first-order chi connectivity index (χ1) is 14.3. The summed E-state index contributed by atoms with van der Waals surface area (Å²) in [5.74, 6) is -0.0610. The van der Waals surface area contributed by atoms with Crippen LogP contribution in [0, 0.1) is 0 Å². The van der Waals surface area contributed by atoms with Gasteiger partial charge in [-0.1, -0.05) is 63.2 Å². The molecule has 1 amide bonds. The third-order valence-electron chi connectivity index (χ3n) is 4.45. The van der Waals surface area contributed by atoms with E-state index in [0.29, 0.717) is 17.2 Å². The largest absolute Gasteiger partial charge is 0.456 e. The molecule has 30 heavy (non-hydrogen) atoms. The van der Waals surface area contributed by atoms with Crippen molar-refractivity contribution in [2.75, 3.05) is 11.9 Å². The van der Waals surface area contributed by atoms with Gasteiger partial charge < -0.3 is 14.8 Å². The van der Waals surface area contributed by atoms with Crippen molar-refractivity contribution < 1.29 is 19.1 Å². The van der Waals surface area contributed by atoms with Crippen molar-refractivity contribution in [3.05, 3.63) is 90.0 Å². The lowest BCUT2D eigenvalue weighted by atomic mass is 9.87. The van der Waals surface area contributed by atoms with E-state index in [0.717, 1.165) is 0 Å².